The fourth-order valence-corrected chi connectivity index (χ4v) is 2.13. The summed E-state index contributed by atoms with van der Waals surface area (Å²) in [5.41, 5.74) is -0.892. The van der Waals surface area contributed by atoms with Gasteiger partial charge >= 0.3 is 5.97 Å². The summed E-state index contributed by atoms with van der Waals surface area (Å²) in [5.74, 6) is -0.925. The number of hydrogen-bond acceptors (Lipinski definition) is 4. The number of para-hydroxylation sites is 1. The second-order valence-corrected chi connectivity index (χ2v) is 5.86. The number of fused-ring (bicyclic) bond motifs is 1. The second-order valence-electron chi connectivity index (χ2n) is 5.86. The van der Waals surface area contributed by atoms with E-state index in [1.54, 1.807) is 24.3 Å². The van der Waals surface area contributed by atoms with Crippen molar-refractivity contribution in [3.05, 3.63) is 40.4 Å². The van der Waals surface area contributed by atoms with E-state index in [0.717, 1.165) is 0 Å². The maximum absolute atomic E-state index is 11.9. The van der Waals surface area contributed by atoms with Crippen LogP contribution in [0, 0.1) is 0 Å². The van der Waals surface area contributed by atoms with Crippen LogP contribution in [0.3, 0.4) is 0 Å². The minimum atomic E-state index is -1.30. The standard InChI is InChI=1S/C16H19N3O4/c1-16(2,15(22)23)19-13(20)9-5-8-12-17-11-7-4-3-6-10(11)14(21)18-12/h3-4,6-7H,5,8-9H2,1-2H3,(H,19,20)(H,22,23)(H,17,18,21). The molecule has 0 fully saturated rings. The highest BCUT2D eigenvalue weighted by atomic mass is 16.4. The molecule has 0 radical (unpaired) electrons. The third-order valence-electron chi connectivity index (χ3n) is 3.47. The normalized spacial score (nSPS) is 11.4. The van der Waals surface area contributed by atoms with Crippen molar-refractivity contribution in [1.82, 2.24) is 15.3 Å². The number of carbonyl (C=O) groups is 2. The van der Waals surface area contributed by atoms with E-state index in [0.29, 0.717) is 29.6 Å². The van der Waals surface area contributed by atoms with E-state index in [1.807, 2.05) is 0 Å². The molecule has 1 heterocycles. The predicted octanol–water partition coefficient (Wildman–Crippen LogP) is 1.23. The molecule has 7 heteroatoms. The number of aryl methyl sites for hydroxylation is 1. The highest BCUT2D eigenvalue weighted by Gasteiger charge is 2.28. The van der Waals surface area contributed by atoms with E-state index in [9.17, 15) is 14.4 Å². The monoisotopic (exact) mass is 317 g/mol. The first-order valence-corrected chi connectivity index (χ1v) is 7.32. The van der Waals surface area contributed by atoms with Crippen molar-refractivity contribution in [2.45, 2.75) is 38.6 Å². The van der Waals surface area contributed by atoms with Gasteiger partial charge in [-0.15, -0.1) is 0 Å². The van der Waals surface area contributed by atoms with Gasteiger partial charge in [-0.3, -0.25) is 9.59 Å². The van der Waals surface area contributed by atoms with Crippen molar-refractivity contribution < 1.29 is 14.7 Å². The first-order valence-electron chi connectivity index (χ1n) is 7.32. The molecule has 0 unspecified atom stereocenters. The van der Waals surface area contributed by atoms with Gasteiger partial charge in [-0.05, 0) is 32.4 Å². The highest BCUT2D eigenvalue weighted by molar-refractivity contribution is 5.86. The Morgan fingerprint density at radius 2 is 2.00 bits per heavy atom. The number of rotatable bonds is 6. The molecule has 122 valence electrons. The molecule has 0 aliphatic heterocycles. The Morgan fingerprint density at radius 3 is 2.70 bits per heavy atom. The van der Waals surface area contributed by atoms with Gasteiger partial charge in [0.05, 0.1) is 10.9 Å². The number of carboxylic acids is 1. The number of aromatic amines is 1. The van der Waals surface area contributed by atoms with Gasteiger partial charge in [0.1, 0.15) is 11.4 Å². The molecule has 0 atom stereocenters. The SMILES string of the molecule is CC(C)(NC(=O)CCCc1nc2ccccc2c(=O)[nH]1)C(=O)O. The number of amides is 1. The molecule has 1 aromatic heterocycles. The van der Waals surface area contributed by atoms with Crippen molar-refractivity contribution in [3.63, 3.8) is 0 Å². The summed E-state index contributed by atoms with van der Waals surface area (Å²) in [7, 11) is 0. The minimum Gasteiger partial charge on any atom is -0.480 e. The average Bonchev–Trinajstić information content (AvgIpc) is 2.46. The van der Waals surface area contributed by atoms with Gasteiger partial charge < -0.3 is 15.4 Å². The fourth-order valence-electron chi connectivity index (χ4n) is 2.13. The van der Waals surface area contributed by atoms with Crippen LogP contribution in [0.25, 0.3) is 10.9 Å². The van der Waals surface area contributed by atoms with Crippen molar-refractivity contribution in [1.29, 1.82) is 0 Å². The highest BCUT2D eigenvalue weighted by Crippen LogP contribution is 2.08. The second kappa shape index (κ2) is 6.60. The van der Waals surface area contributed by atoms with Crippen LogP contribution in [0.15, 0.2) is 29.1 Å². The van der Waals surface area contributed by atoms with Gasteiger partial charge in [0.15, 0.2) is 0 Å². The quantitative estimate of drug-likeness (QED) is 0.741. The molecular formula is C16H19N3O4. The molecule has 0 aliphatic carbocycles. The zero-order valence-electron chi connectivity index (χ0n) is 13.0. The van der Waals surface area contributed by atoms with Crippen LogP contribution in [0.2, 0.25) is 0 Å². The van der Waals surface area contributed by atoms with Gasteiger partial charge in [-0.1, -0.05) is 12.1 Å². The van der Waals surface area contributed by atoms with E-state index in [1.165, 1.54) is 13.8 Å². The third-order valence-corrected chi connectivity index (χ3v) is 3.47. The van der Waals surface area contributed by atoms with E-state index in [-0.39, 0.29) is 17.9 Å². The Balaban J connectivity index is 1.96. The maximum Gasteiger partial charge on any atom is 0.328 e. The lowest BCUT2D eigenvalue weighted by Crippen LogP contribution is -2.49. The summed E-state index contributed by atoms with van der Waals surface area (Å²) in [6.45, 7) is 2.85. The number of nitrogens with zero attached hydrogens (tertiary/aromatic N) is 1. The van der Waals surface area contributed by atoms with E-state index < -0.39 is 11.5 Å². The van der Waals surface area contributed by atoms with Crippen molar-refractivity contribution >= 4 is 22.8 Å². The summed E-state index contributed by atoms with van der Waals surface area (Å²) in [4.78, 5) is 41.7. The molecule has 1 amide bonds. The van der Waals surface area contributed by atoms with Crippen molar-refractivity contribution in [2.24, 2.45) is 0 Å². The lowest BCUT2D eigenvalue weighted by molar-refractivity contribution is -0.146. The Kier molecular flexibility index (Phi) is 4.78. The smallest absolute Gasteiger partial charge is 0.328 e. The molecule has 0 saturated heterocycles. The van der Waals surface area contributed by atoms with Crippen LogP contribution < -0.4 is 10.9 Å². The molecule has 3 N–H and O–H groups in total. The summed E-state index contributed by atoms with van der Waals surface area (Å²) >= 11 is 0. The number of benzene rings is 1. The molecule has 2 aromatic rings. The summed E-state index contributed by atoms with van der Waals surface area (Å²) in [6.07, 6.45) is 1.05. The van der Waals surface area contributed by atoms with Crippen LogP contribution in [-0.4, -0.2) is 32.5 Å². The van der Waals surface area contributed by atoms with E-state index in [2.05, 4.69) is 15.3 Å². The lowest BCUT2D eigenvalue weighted by atomic mass is 10.1. The number of nitrogens with one attached hydrogen (secondary N) is 2. The van der Waals surface area contributed by atoms with E-state index in [4.69, 9.17) is 5.11 Å². The first-order chi connectivity index (χ1) is 10.8. The molecule has 0 spiro atoms. The Hall–Kier alpha value is -2.70. The number of carbonyl (C=O) groups excluding carboxylic acids is 1. The first kappa shape index (κ1) is 16.7. The minimum absolute atomic E-state index is 0.160. The molecule has 0 saturated carbocycles. The Bertz CT molecular complexity index is 795. The number of aromatic nitrogens is 2. The van der Waals surface area contributed by atoms with Gasteiger partial charge in [0.25, 0.3) is 5.56 Å². The number of H-pyrrole nitrogens is 1. The van der Waals surface area contributed by atoms with Crippen LogP contribution in [0.5, 0.6) is 0 Å². The number of carboxylic acid groups (broad SMARTS) is 1. The van der Waals surface area contributed by atoms with Crippen LogP contribution in [0.4, 0.5) is 0 Å². The topological polar surface area (TPSA) is 112 Å². The Morgan fingerprint density at radius 1 is 1.30 bits per heavy atom. The van der Waals surface area contributed by atoms with Crippen molar-refractivity contribution in [2.75, 3.05) is 0 Å². The lowest BCUT2D eigenvalue weighted by Gasteiger charge is -2.20. The fraction of sp³-hybridized carbons (Fsp3) is 0.375. The molecule has 23 heavy (non-hydrogen) atoms. The van der Waals surface area contributed by atoms with Gasteiger partial charge in [-0.2, -0.15) is 0 Å². The van der Waals surface area contributed by atoms with Gasteiger partial charge in [0.2, 0.25) is 5.91 Å². The number of aliphatic carboxylic acids is 1. The third kappa shape index (κ3) is 4.15. The molecule has 7 nitrogen and oxygen atoms in total. The summed E-state index contributed by atoms with van der Waals surface area (Å²) in [6, 6.07) is 7.04. The average molecular weight is 317 g/mol. The predicted molar refractivity (Wildman–Crippen MR) is 85.2 cm³/mol. The van der Waals surface area contributed by atoms with Gasteiger partial charge in [-0.25, -0.2) is 9.78 Å². The zero-order valence-corrected chi connectivity index (χ0v) is 13.0. The van der Waals surface area contributed by atoms with Crippen LogP contribution in [-0.2, 0) is 16.0 Å². The Labute approximate surface area is 132 Å². The maximum atomic E-state index is 11.9. The molecular weight excluding hydrogens is 298 g/mol. The molecule has 2 rings (SSSR count). The largest absolute Gasteiger partial charge is 0.480 e. The summed E-state index contributed by atoms with van der Waals surface area (Å²) in [5, 5.41) is 11.9. The number of hydrogen-bond donors (Lipinski definition) is 3. The van der Waals surface area contributed by atoms with Crippen LogP contribution >= 0.6 is 0 Å². The van der Waals surface area contributed by atoms with Crippen LogP contribution in [0.1, 0.15) is 32.5 Å². The molecule has 0 bridgehead atoms. The molecule has 1 aromatic carbocycles. The van der Waals surface area contributed by atoms with Gasteiger partial charge in [0, 0.05) is 12.8 Å². The molecule has 0 aliphatic rings. The van der Waals surface area contributed by atoms with E-state index >= 15 is 0 Å². The zero-order chi connectivity index (χ0) is 17.0. The summed E-state index contributed by atoms with van der Waals surface area (Å²) < 4.78 is 0. The van der Waals surface area contributed by atoms with Crippen molar-refractivity contribution in [3.8, 4) is 0 Å².